The molecule has 0 saturated heterocycles. The van der Waals surface area contributed by atoms with Gasteiger partial charge in [-0.25, -0.2) is 0 Å². The number of ketones is 1. The smallest absolute Gasteiger partial charge is 0.166 e. The Morgan fingerprint density at radius 1 is 1.26 bits per heavy atom. The van der Waals surface area contributed by atoms with Gasteiger partial charge in [-0.05, 0) is 31.0 Å². The van der Waals surface area contributed by atoms with Crippen LogP contribution in [0.4, 0.5) is 0 Å². The Balaban J connectivity index is 0.00000324. The second-order valence-electron chi connectivity index (χ2n) is 4.32. The molecule has 0 spiro atoms. The van der Waals surface area contributed by atoms with Crippen LogP contribution in [-0.2, 0) is 6.42 Å². The van der Waals surface area contributed by atoms with E-state index in [9.17, 15) is 4.79 Å². The summed E-state index contributed by atoms with van der Waals surface area (Å²) in [6, 6.07) is 3.60. The number of carbonyl (C=O) groups excluding carboxylic acids is 1. The molecule has 0 radical (unpaired) electrons. The Bertz CT molecular complexity index is 433. The molecule has 0 aliphatic rings. The first kappa shape index (κ1) is 17.7. The minimum Gasteiger partial charge on any atom is -0.496 e. The van der Waals surface area contributed by atoms with Crippen molar-refractivity contribution < 1.29 is 14.3 Å². The summed E-state index contributed by atoms with van der Waals surface area (Å²) in [6.07, 6.45) is 1.12. The molecule has 1 aromatic rings. The van der Waals surface area contributed by atoms with Crippen molar-refractivity contribution in [2.75, 3.05) is 14.2 Å². The summed E-state index contributed by atoms with van der Waals surface area (Å²) in [4.78, 5) is 11.8. The largest absolute Gasteiger partial charge is 0.496 e. The van der Waals surface area contributed by atoms with Gasteiger partial charge < -0.3 is 15.2 Å². The van der Waals surface area contributed by atoms with Crippen molar-refractivity contribution >= 4 is 18.2 Å². The van der Waals surface area contributed by atoms with Gasteiger partial charge in [-0.2, -0.15) is 0 Å². The van der Waals surface area contributed by atoms with E-state index in [-0.39, 0.29) is 24.2 Å². The third-order valence-corrected chi connectivity index (χ3v) is 2.77. The summed E-state index contributed by atoms with van der Waals surface area (Å²) in [5, 5.41) is 0. The molecular formula is C14H22ClNO3. The van der Waals surface area contributed by atoms with Crippen molar-refractivity contribution in [2.45, 2.75) is 32.7 Å². The van der Waals surface area contributed by atoms with E-state index in [1.54, 1.807) is 20.3 Å². The molecule has 1 rings (SSSR count). The van der Waals surface area contributed by atoms with Crippen molar-refractivity contribution in [1.29, 1.82) is 0 Å². The molecule has 2 N–H and O–H groups in total. The maximum atomic E-state index is 11.8. The van der Waals surface area contributed by atoms with Crippen LogP contribution in [0.25, 0.3) is 0 Å². The predicted octanol–water partition coefficient (Wildman–Crippen LogP) is 2.61. The van der Waals surface area contributed by atoms with E-state index >= 15 is 0 Å². The molecule has 0 heterocycles. The quantitative estimate of drug-likeness (QED) is 0.817. The Kier molecular flexibility index (Phi) is 7.49. The van der Waals surface area contributed by atoms with Crippen molar-refractivity contribution in [3.05, 3.63) is 23.3 Å². The fourth-order valence-corrected chi connectivity index (χ4v) is 1.88. The predicted molar refractivity (Wildman–Crippen MR) is 78.8 cm³/mol. The summed E-state index contributed by atoms with van der Waals surface area (Å²) in [6.45, 7) is 3.75. The van der Waals surface area contributed by atoms with Gasteiger partial charge in [0.1, 0.15) is 11.5 Å². The highest BCUT2D eigenvalue weighted by atomic mass is 35.5. The van der Waals surface area contributed by atoms with Crippen LogP contribution < -0.4 is 15.2 Å². The highest BCUT2D eigenvalue weighted by Crippen LogP contribution is 2.30. The zero-order chi connectivity index (χ0) is 13.7. The number of methoxy groups -OCH3 is 2. The zero-order valence-electron chi connectivity index (χ0n) is 11.9. The Morgan fingerprint density at radius 2 is 1.84 bits per heavy atom. The summed E-state index contributed by atoms with van der Waals surface area (Å²) in [5.41, 5.74) is 7.32. The fourth-order valence-electron chi connectivity index (χ4n) is 1.88. The summed E-state index contributed by atoms with van der Waals surface area (Å²) in [7, 11) is 3.15. The molecule has 108 valence electrons. The first-order chi connectivity index (χ1) is 8.53. The number of Topliss-reactive ketones (excluding diaryl/α,β-unsaturated/α-hetero) is 1. The maximum absolute atomic E-state index is 11.8. The standard InChI is InChI=1S/C14H21NO3.ClH/c1-5-12(16)11-8-13(17-3)10(6-9(2)15)7-14(11)18-4;/h7-9H,5-6,15H2,1-4H3;1H. The molecule has 0 aliphatic heterocycles. The molecule has 1 aromatic carbocycles. The lowest BCUT2D eigenvalue weighted by Gasteiger charge is -2.15. The highest BCUT2D eigenvalue weighted by Gasteiger charge is 2.16. The number of ether oxygens (including phenoxy) is 2. The third-order valence-electron chi connectivity index (χ3n) is 2.77. The van der Waals surface area contributed by atoms with Crippen LogP contribution in [0.2, 0.25) is 0 Å². The minimum atomic E-state index is 0. The monoisotopic (exact) mass is 287 g/mol. The molecule has 19 heavy (non-hydrogen) atoms. The average molecular weight is 288 g/mol. The SMILES string of the molecule is CCC(=O)c1cc(OC)c(CC(C)N)cc1OC.Cl. The fraction of sp³-hybridized carbons (Fsp3) is 0.500. The van der Waals surface area contributed by atoms with Gasteiger partial charge in [-0.3, -0.25) is 4.79 Å². The van der Waals surface area contributed by atoms with Gasteiger partial charge in [0, 0.05) is 12.5 Å². The summed E-state index contributed by atoms with van der Waals surface area (Å²) in [5.74, 6) is 1.31. The van der Waals surface area contributed by atoms with E-state index in [2.05, 4.69) is 0 Å². The lowest BCUT2D eigenvalue weighted by molar-refractivity contribution is 0.0985. The van der Waals surface area contributed by atoms with Gasteiger partial charge in [0.25, 0.3) is 0 Å². The first-order valence-corrected chi connectivity index (χ1v) is 6.07. The molecule has 1 atom stereocenters. The molecular weight excluding hydrogens is 266 g/mol. The van der Waals surface area contributed by atoms with E-state index in [1.165, 1.54) is 0 Å². The highest BCUT2D eigenvalue weighted by molar-refractivity contribution is 5.99. The lowest BCUT2D eigenvalue weighted by atomic mass is 10.00. The molecule has 4 nitrogen and oxygen atoms in total. The number of benzene rings is 1. The number of hydrogen-bond acceptors (Lipinski definition) is 4. The Labute approximate surface area is 120 Å². The van der Waals surface area contributed by atoms with Crippen LogP contribution in [-0.4, -0.2) is 26.0 Å². The van der Waals surface area contributed by atoms with Crippen molar-refractivity contribution in [1.82, 2.24) is 0 Å². The molecule has 1 unspecified atom stereocenters. The lowest BCUT2D eigenvalue weighted by Crippen LogP contribution is -2.18. The molecule has 0 bridgehead atoms. The minimum absolute atomic E-state index is 0. The number of hydrogen-bond donors (Lipinski definition) is 1. The average Bonchev–Trinajstić information content (AvgIpc) is 2.36. The molecule has 0 amide bonds. The second-order valence-corrected chi connectivity index (χ2v) is 4.32. The van der Waals surface area contributed by atoms with Crippen LogP contribution in [0.15, 0.2) is 12.1 Å². The van der Waals surface area contributed by atoms with Crippen LogP contribution in [0.3, 0.4) is 0 Å². The van der Waals surface area contributed by atoms with Gasteiger partial charge >= 0.3 is 0 Å². The van der Waals surface area contributed by atoms with Crippen LogP contribution in [0.1, 0.15) is 36.2 Å². The molecule has 0 aromatic heterocycles. The molecule has 0 aliphatic carbocycles. The second kappa shape index (κ2) is 8.02. The molecule has 0 saturated carbocycles. The number of rotatable bonds is 6. The molecule has 5 heteroatoms. The van der Waals surface area contributed by atoms with Crippen LogP contribution in [0.5, 0.6) is 11.5 Å². The summed E-state index contributed by atoms with van der Waals surface area (Å²) >= 11 is 0. The van der Waals surface area contributed by atoms with Gasteiger partial charge in [0.2, 0.25) is 0 Å². The van der Waals surface area contributed by atoms with E-state index in [0.29, 0.717) is 29.9 Å². The van der Waals surface area contributed by atoms with Crippen LogP contribution >= 0.6 is 12.4 Å². The van der Waals surface area contributed by atoms with Gasteiger partial charge in [0.05, 0.1) is 19.8 Å². The van der Waals surface area contributed by atoms with Crippen molar-refractivity contribution in [3.63, 3.8) is 0 Å². The van der Waals surface area contributed by atoms with Crippen LogP contribution in [0, 0.1) is 0 Å². The van der Waals surface area contributed by atoms with Crippen molar-refractivity contribution in [3.8, 4) is 11.5 Å². The van der Waals surface area contributed by atoms with E-state index in [0.717, 1.165) is 5.56 Å². The first-order valence-electron chi connectivity index (χ1n) is 6.07. The van der Waals surface area contributed by atoms with E-state index < -0.39 is 0 Å². The normalized spacial score (nSPS) is 11.4. The number of carbonyl (C=O) groups is 1. The van der Waals surface area contributed by atoms with Gasteiger partial charge in [-0.1, -0.05) is 6.92 Å². The number of halogens is 1. The van der Waals surface area contributed by atoms with Gasteiger partial charge in [-0.15, -0.1) is 12.4 Å². The maximum Gasteiger partial charge on any atom is 0.166 e. The van der Waals surface area contributed by atoms with Crippen molar-refractivity contribution in [2.24, 2.45) is 5.73 Å². The molecule has 0 fully saturated rings. The Morgan fingerprint density at radius 3 is 2.26 bits per heavy atom. The topological polar surface area (TPSA) is 61.5 Å². The third kappa shape index (κ3) is 4.40. The van der Waals surface area contributed by atoms with E-state index in [4.69, 9.17) is 15.2 Å². The zero-order valence-corrected chi connectivity index (χ0v) is 12.7. The van der Waals surface area contributed by atoms with E-state index in [1.807, 2.05) is 19.9 Å². The van der Waals surface area contributed by atoms with Gasteiger partial charge in [0.15, 0.2) is 5.78 Å². The number of nitrogens with two attached hydrogens (primary N) is 1. The Hall–Kier alpha value is -1.26. The summed E-state index contributed by atoms with van der Waals surface area (Å²) < 4.78 is 10.6.